The number of non-ortho nitro benzene ring substituents is 1. The average Bonchev–Trinajstić information content (AvgIpc) is 2.81. The number of hydrogen-bond donors (Lipinski definition) is 1. The fraction of sp³-hybridized carbons (Fsp3) is 0.0400. The molecule has 4 aromatic rings. The molecule has 0 aromatic heterocycles. The van der Waals surface area contributed by atoms with Crippen LogP contribution in [0.5, 0.6) is 0 Å². The lowest BCUT2D eigenvalue weighted by Crippen LogP contribution is -2.31. The minimum Gasteiger partial charge on any atom is -0.616 e. The number of anilines is 2. The average molecular weight is 411 g/mol. The summed E-state index contributed by atoms with van der Waals surface area (Å²) in [4.78, 5) is 10.4. The maximum absolute atomic E-state index is 14.3. The van der Waals surface area contributed by atoms with Crippen molar-refractivity contribution < 1.29 is 4.92 Å². The topological polar surface area (TPSA) is 78.2 Å². The number of benzene rings is 4. The molecule has 6 heteroatoms. The van der Waals surface area contributed by atoms with Crippen molar-refractivity contribution in [3.63, 3.8) is 0 Å². The molecule has 154 valence electrons. The van der Waals surface area contributed by atoms with Gasteiger partial charge < -0.3 is 10.5 Å². The number of nitrogens with zero attached hydrogens (tertiary/aromatic N) is 2. The fourth-order valence-electron chi connectivity index (χ4n) is 3.53. The number of rotatable bonds is 6. The molecule has 0 radical (unpaired) electrons. The first-order valence-electron chi connectivity index (χ1n) is 9.82. The number of nitro benzene ring substituents is 1. The number of para-hydroxylation sites is 2. The van der Waals surface area contributed by atoms with E-state index in [1.165, 1.54) is 12.1 Å². The zero-order valence-electron chi connectivity index (χ0n) is 16.9. The van der Waals surface area contributed by atoms with E-state index in [1.54, 1.807) is 12.1 Å². The van der Waals surface area contributed by atoms with E-state index < -0.39 is 9.57 Å². The lowest BCUT2D eigenvalue weighted by molar-refractivity contribution is -0.384. The number of nitrogens with one attached hydrogen (secondary N) is 1. The second-order valence-corrected chi connectivity index (χ2v) is 7.21. The van der Waals surface area contributed by atoms with Gasteiger partial charge in [-0.2, -0.15) is 0 Å². The summed E-state index contributed by atoms with van der Waals surface area (Å²) in [5.41, 5.74) is 4.30. The minimum absolute atomic E-state index is 0.0387. The predicted molar refractivity (Wildman–Crippen MR) is 125 cm³/mol. The van der Waals surface area contributed by atoms with Crippen molar-refractivity contribution in [1.82, 2.24) is 4.65 Å². The molecule has 0 amide bonds. The van der Waals surface area contributed by atoms with Crippen molar-refractivity contribution >= 4 is 34.1 Å². The van der Waals surface area contributed by atoms with Gasteiger partial charge in [0.25, 0.3) is 5.69 Å². The van der Waals surface area contributed by atoms with Crippen LogP contribution in [0, 0.1) is 22.2 Å². The monoisotopic (exact) mass is 411 g/mol. The number of aryl methyl sites for hydroxylation is 1. The molecular weight excluding hydrogens is 390 g/mol. The molecule has 0 aliphatic rings. The van der Waals surface area contributed by atoms with Gasteiger partial charge in [-0.25, -0.2) is 0 Å². The molecule has 0 unspecified atom stereocenters. The van der Waals surface area contributed by atoms with Crippen LogP contribution in [0.4, 0.5) is 34.1 Å². The normalized spacial score (nSPS) is 11.2. The Kier molecular flexibility index (Phi) is 5.49. The second-order valence-electron chi connectivity index (χ2n) is 7.21. The Labute approximate surface area is 180 Å². The van der Waals surface area contributed by atoms with Crippen LogP contribution in [0.3, 0.4) is 0 Å². The summed E-state index contributed by atoms with van der Waals surface area (Å²) in [5.74, 6) is 0. The summed E-state index contributed by atoms with van der Waals surface area (Å²) >= 11 is 0. The van der Waals surface area contributed by atoms with Crippen LogP contribution in [-0.4, -0.2) is 4.92 Å². The van der Waals surface area contributed by atoms with Crippen LogP contribution < -0.4 is 9.96 Å². The lowest BCUT2D eigenvalue weighted by Gasteiger charge is -2.41. The first kappa shape index (κ1) is 20.3. The van der Waals surface area contributed by atoms with Crippen LogP contribution in [-0.2, 0) is 0 Å². The van der Waals surface area contributed by atoms with Crippen LogP contribution >= 0.6 is 0 Å². The Morgan fingerprint density at radius 3 is 1.77 bits per heavy atom. The summed E-state index contributed by atoms with van der Waals surface area (Å²) in [6.45, 7) is 1.93. The predicted octanol–water partition coefficient (Wildman–Crippen LogP) is 7.12. The smallest absolute Gasteiger partial charge is 0.269 e. The van der Waals surface area contributed by atoms with E-state index in [0.717, 1.165) is 16.9 Å². The third-order valence-electron chi connectivity index (χ3n) is 5.17. The highest BCUT2D eigenvalue weighted by atomic mass is 16.6. The maximum atomic E-state index is 14.3. The maximum Gasteiger partial charge on any atom is 0.269 e. The van der Waals surface area contributed by atoms with Crippen molar-refractivity contribution in [3.05, 3.63) is 124 Å². The highest BCUT2D eigenvalue weighted by Gasteiger charge is 2.27. The zero-order chi connectivity index (χ0) is 21.8. The second kappa shape index (κ2) is 8.39. The van der Waals surface area contributed by atoms with Crippen molar-refractivity contribution in [2.24, 2.45) is 0 Å². The molecule has 1 N–H and O–H groups in total. The van der Waals surface area contributed by atoms with Crippen LogP contribution in [0.1, 0.15) is 5.56 Å². The Balaban J connectivity index is 1.71. The molecule has 0 aliphatic heterocycles. The Morgan fingerprint density at radius 1 is 0.742 bits per heavy atom. The van der Waals surface area contributed by atoms with Crippen LogP contribution in [0.15, 0.2) is 103 Å². The van der Waals surface area contributed by atoms with E-state index in [0.29, 0.717) is 17.1 Å². The first-order chi connectivity index (χ1) is 15.0. The van der Waals surface area contributed by atoms with Gasteiger partial charge in [-0.15, -0.1) is 0 Å². The quantitative estimate of drug-likeness (QED) is 0.208. The molecule has 0 bridgehead atoms. The molecule has 0 heterocycles. The van der Waals surface area contributed by atoms with Crippen molar-refractivity contribution in [2.75, 3.05) is 5.32 Å². The van der Waals surface area contributed by atoms with Crippen molar-refractivity contribution in [3.8, 4) is 0 Å². The van der Waals surface area contributed by atoms with Gasteiger partial charge in [-0.3, -0.25) is 14.8 Å². The van der Waals surface area contributed by atoms with E-state index >= 15 is 0 Å². The number of nitro groups is 1. The third kappa shape index (κ3) is 4.02. The van der Waals surface area contributed by atoms with Crippen molar-refractivity contribution in [1.29, 1.82) is 0 Å². The summed E-state index contributed by atoms with van der Waals surface area (Å²) in [5, 5.41) is 28.4. The van der Waals surface area contributed by atoms with E-state index in [1.807, 2.05) is 85.8 Å². The van der Waals surface area contributed by atoms with Gasteiger partial charge in [0.05, 0.1) is 4.92 Å². The van der Waals surface area contributed by atoms with E-state index in [2.05, 4.69) is 5.32 Å². The van der Waals surface area contributed by atoms with Gasteiger partial charge in [-0.05, 0) is 30.7 Å². The van der Waals surface area contributed by atoms with Gasteiger partial charge in [0.15, 0.2) is 0 Å². The molecule has 4 rings (SSSR count). The van der Waals surface area contributed by atoms with Crippen molar-refractivity contribution in [2.45, 2.75) is 6.92 Å². The highest BCUT2D eigenvalue weighted by molar-refractivity contribution is 5.75. The van der Waals surface area contributed by atoms with E-state index in [4.69, 9.17) is 0 Å². The Morgan fingerprint density at radius 2 is 1.29 bits per heavy atom. The minimum atomic E-state index is -0.708. The summed E-state index contributed by atoms with van der Waals surface area (Å²) in [6.07, 6.45) is 0. The molecule has 0 saturated heterocycles. The molecule has 6 nitrogen and oxygen atoms in total. The van der Waals surface area contributed by atoms with Gasteiger partial charge >= 0.3 is 0 Å². The SMILES string of the molecule is Cc1cc([N+]([O-])(c2ccccc2)c2ccccc2)ccc1Nc1ccc([N+](=O)[O-])cc1. The zero-order valence-corrected chi connectivity index (χ0v) is 16.9. The lowest BCUT2D eigenvalue weighted by atomic mass is 10.1. The van der Waals surface area contributed by atoms with Gasteiger partial charge in [0.1, 0.15) is 17.1 Å². The fourth-order valence-corrected chi connectivity index (χ4v) is 3.53. The van der Waals surface area contributed by atoms with Gasteiger partial charge in [0, 0.05) is 59.9 Å². The molecule has 0 saturated carbocycles. The van der Waals surface area contributed by atoms with E-state index in [-0.39, 0.29) is 5.69 Å². The van der Waals surface area contributed by atoms with Gasteiger partial charge in [-0.1, -0.05) is 36.4 Å². The molecule has 31 heavy (non-hydrogen) atoms. The highest BCUT2D eigenvalue weighted by Crippen LogP contribution is 2.43. The van der Waals surface area contributed by atoms with Gasteiger partial charge in [0.2, 0.25) is 0 Å². The third-order valence-corrected chi connectivity index (χ3v) is 5.17. The summed E-state index contributed by atoms with van der Waals surface area (Å²) in [6, 6.07) is 30.3. The molecular formula is C25H21N3O3. The van der Waals surface area contributed by atoms with Crippen LogP contribution in [0.25, 0.3) is 0 Å². The Bertz CT molecular complexity index is 1150. The Hall–Kier alpha value is -4.00. The van der Waals surface area contributed by atoms with E-state index in [9.17, 15) is 15.3 Å². The number of hydrogen-bond acceptors (Lipinski definition) is 4. The molecule has 0 spiro atoms. The molecule has 0 aliphatic carbocycles. The standard InChI is InChI=1S/C25H21N3O3/c1-19-18-24(16-17-25(19)26-20-12-14-21(15-13-20)27(29)30)28(31,22-8-4-2-5-9-22)23-10-6-3-7-11-23/h2-18,26H,1H3. The summed E-state index contributed by atoms with van der Waals surface area (Å²) < 4.78 is -0.708. The molecule has 0 atom stereocenters. The summed E-state index contributed by atoms with van der Waals surface area (Å²) in [7, 11) is 0. The largest absolute Gasteiger partial charge is 0.616 e. The molecule has 4 aromatic carbocycles. The number of quaternary nitrogens is 1. The first-order valence-corrected chi connectivity index (χ1v) is 9.82. The van der Waals surface area contributed by atoms with Crippen LogP contribution in [0.2, 0.25) is 0 Å². The molecule has 0 fully saturated rings.